The van der Waals surface area contributed by atoms with Crippen molar-refractivity contribution in [3.05, 3.63) is 85.0 Å². The maximum atomic E-state index is 11.9. The van der Waals surface area contributed by atoms with Crippen molar-refractivity contribution in [1.29, 1.82) is 0 Å². The van der Waals surface area contributed by atoms with Gasteiger partial charge in [0.05, 0.1) is 0 Å². The Morgan fingerprint density at radius 3 is 2.04 bits per heavy atom. The van der Waals surface area contributed by atoms with Gasteiger partial charge in [-0.2, -0.15) is 0 Å². The largest absolute Gasteiger partial charge is 0.490 e. The third-order valence-corrected chi connectivity index (χ3v) is 3.26. The molecule has 2 rings (SSSR count). The minimum atomic E-state index is -0.520. The van der Waals surface area contributed by atoms with E-state index >= 15 is 0 Å². The second-order valence-corrected chi connectivity index (χ2v) is 5.56. The van der Waals surface area contributed by atoms with Crippen molar-refractivity contribution in [2.45, 2.75) is 6.92 Å². The number of ether oxygens (including phenoxy) is 3. The van der Waals surface area contributed by atoms with E-state index in [1.807, 2.05) is 12.1 Å². The van der Waals surface area contributed by atoms with Gasteiger partial charge in [0.2, 0.25) is 0 Å². The van der Waals surface area contributed by atoms with Crippen LogP contribution in [0.4, 0.5) is 0 Å². The second kappa shape index (κ2) is 9.77. The highest BCUT2D eigenvalue weighted by molar-refractivity contribution is 5.89. The Labute approximate surface area is 158 Å². The van der Waals surface area contributed by atoms with Crippen LogP contribution >= 0.6 is 0 Å². The van der Waals surface area contributed by atoms with Gasteiger partial charge in [-0.05, 0) is 55.0 Å². The fourth-order valence-corrected chi connectivity index (χ4v) is 1.91. The van der Waals surface area contributed by atoms with E-state index in [4.69, 9.17) is 14.2 Å². The average molecular weight is 364 g/mol. The predicted molar refractivity (Wildman–Crippen MR) is 104 cm³/mol. The Morgan fingerprint density at radius 1 is 0.926 bits per heavy atom. The zero-order valence-corrected chi connectivity index (χ0v) is 15.0. The second-order valence-electron chi connectivity index (χ2n) is 5.56. The lowest BCUT2D eigenvalue weighted by Crippen LogP contribution is -2.08. The monoisotopic (exact) mass is 364 g/mol. The van der Waals surface area contributed by atoms with E-state index in [-0.39, 0.29) is 0 Å². The van der Waals surface area contributed by atoms with Gasteiger partial charge in [0.25, 0.3) is 0 Å². The molecule has 5 nitrogen and oxygen atoms in total. The molecule has 0 saturated heterocycles. The Morgan fingerprint density at radius 2 is 1.48 bits per heavy atom. The van der Waals surface area contributed by atoms with Crippen LogP contribution < -0.4 is 14.2 Å². The van der Waals surface area contributed by atoms with Gasteiger partial charge < -0.3 is 14.2 Å². The summed E-state index contributed by atoms with van der Waals surface area (Å²) in [5.74, 6) is 0.379. The first-order valence-corrected chi connectivity index (χ1v) is 8.19. The third-order valence-electron chi connectivity index (χ3n) is 3.26. The van der Waals surface area contributed by atoms with Crippen molar-refractivity contribution in [2.75, 3.05) is 6.61 Å². The molecular formula is C22H20O5. The molecule has 0 aromatic heterocycles. The fraction of sp³-hybridized carbons (Fsp3) is 0.0909. The van der Waals surface area contributed by atoms with Gasteiger partial charge in [-0.15, -0.1) is 0 Å². The molecule has 2 aromatic carbocycles. The Hall–Kier alpha value is -3.60. The third kappa shape index (κ3) is 6.66. The highest BCUT2D eigenvalue weighted by atomic mass is 16.5. The molecule has 5 heteroatoms. The van der Waals surface area contributed by atoms with Gasteiger partial charge in [-0.25, -0.2) is 9.59 Å². The molecule has 0 fully saturated rings. The topological polar surface area (TPSA) is 61.8 Å². The summed E-state index contributed by atoms with van der Waals surface area (Å²) in [6.45, 7) is 9.10. The van der Waals surface area contributed by atoms with Crippen LogP contribution in [0.5, 0.6) is 17.2 Å². The van der Waals surface area contributed by atoms with E-state index in [1.165, 1.54) is 18.2 Å². The minimum Gasteiger partial charge on any atom is -0.490 e. The quantitative estimate of drug-likeness (QED) is 0.302. The summed E-state index contributed by atoms with van der Waals surface area (Å²) < 4.78 is 15.7. The highest BCUT2D eigenvalue weighted by Crippen LogP contribution is 2.19. The highest BCUT2D eigenvalue weighted by Gasteiger charge is 2.06. The number of hydrogen-bond donors (Lipinski definition) is 0. The van der Waals surface area contributed by atoms with Crippen molar-refractivity contribution in [1.82, 2.24) is 0 Å². The molecule has 0 N–H and O–H groups in total. The minimum absolute atomic E-state index is 0.302. The summed E-state index contributed by atoms with van der Waals surface area (Å²) in [7, 11) is 0. The molecule has 0 aliphatic heterocycles. The van der Waals surface area contributed by atoms with Crippen molar-refractivity contribution < 1.29 is 23.8 Å². The zero-order chi connectivity index (χ0) is 19.6. The summed E-state index contributed by atoms with van der Waals surface area (Å²) in [4.78, 5) is 23.3. The van der Waals surface area contributed by atoms with Crippen LogP contribution in [0.15, 0.2) is 79.4 Å². The van der Waals surface area contributed by atoms with Crippen LogP contribution in [0.25, 0.3) is 6.08 Å². The van der Waals surface area contributed by atoms with Crippen molar-refractivity contribution in [3.63, 3.8) is 0 Å². The standard InChI is InChI=1S/C22H20O5/c1-4-15-25-18-8-5-17(6-9-18)7-14-21(23)26-19-10-12-20(13-11-19)27-22(24)16(2)3/h4-14H,1-2,15H2,3H3/b14-7+. The average Bonchev–Trinajstić information content (AvgIpc) is 2.67. The molecule has 0 spiro atoms. The van der Waals surface area contributed by atoms with Crippen LogP contribution in [-0.2, 0) is 9.59 Å². The molecule has 0 atom stereocenters. The number of benzene rings is 2. The molecule has 0 heterocycles. The zero-order valence-electron chi connectivity index (χ0n) is 15.0. The molecule has 0 bridgehead atoms. The van der Waals surface area contributed by atoms with Crippen molar-refractivity contribution >= 4 is 18.0 Å². The van der Waals surface area contributed by atoms with Gasteiger partial charge in [0.15, 0.2) is 0 Å². The first kappa shape index (κ1) is 19.7. The van der Waals surface area contributed by atoms with Crippen molar-refractivity contribution in [2.24, 2.45) is 0 Å². The predicted octanol–water partition coefficient (Wildman–Crippen LogP) is 4.35. The van der Waals surface area contributed by atoms with E-state index in [0.717, 1.165) is 11.3 Å². The van der Waals surface area contributed by atoms with E-state index in [2.05, 4.69) is 13.2 Å². The molecule has 138 valence electrons. The molecular weight excluding hydrogens is 344 g/mol. The van der Waals surface area contributed by atoms with E-state index in [0.29, 0.717) is 23.7 Å². The van der Waals surface area contributed by atoms with Gasteiger partial charge in [0.1, 0.15) is 23.9 Å². The molecule has 27 heavy (non-hydrogen) atoms. The summed E-state index contributed by atoms with van der Waals surface area (Å²) in [6, 6.07) is 13.4. The fourth-order valence-electron chi connectivity index (χ4n) is 1.91. The molecule has 2 aromatic rings. The number of esters is 2. The summed E-state index contributed by atoms with van der Waals surface area (Å²) in [5, 5.41) is 0. The molecule has 0 saturated carbocycles. The van der Waals surface area contributed by atoms with Gasteiger partial charge in [0, 0.05) is 11.6 Å². The lowest BCUT2D eigenvalue weighted by atomic mass is 10.2. The smallest absolute Gasteiger partial charge is 0.338 e. The van der Waals surface area contributed by atoms with E-state index in [1.54, 1.807) is 43.3 Å². The summed E-state index contributed by atoms with van der Waals surface area (Å²) in [5.41, 5.74) is 1.14. The SMILES string of the molecule is C=CCOc1ccc(/C=C/C(=O)Oc2ccc(OC(=O)C(=C)C)cc2)cc1. The lowest BCUT2D eigenvalue weighted by Gasteiger charge is -2.05. The molecule has 0 unspecified atom stereocenters. The maximum Gasteiger partial charge on any atom is 0.338 e. The van der Waals surface area contributed by atoms with Gasteiger partial charge in [-0.3, -0.25) is 0 Å². The molecule has 0 radical (unpaired) electrons. The maximum absolute atomic E-state index is 11.9. The number of carbonyl (C=O) groups is 2. The van der Waals surface area contributed by atoms with Gasteiger partial charge >= 0.3 is 11.9 Å². The normalized spacial score (nSPS) is 10.3. The Bertz CT molecular complexity index is 845. The van der Waals surface area contributed by atoms with Crippen LogP contribution in [0.3, 0.4) is 0 Å². The summed E-state index contributed by atoms with van der Waals surface area (Å²) >= 11 is 0. The van der Waals surface area contributed by atoms with Crippen LogP contribution in [0, 0.1) is 0 Å². The first-order valence-electron chi connectivity index (χ1n) is 8.19. The van der Waals surface area contributed by atoms with Crippen molar-refractivity contribution in [3.8, 4) is 17.2 Å². The molecule has 0 aliphatic rings. The van der Waals surface area contributed by atoms with Gasteiger partial charge in [-0.1, -0.05) is 31.4 Å². The molecule has 0 amide bonds. The Kier molecular flexibility index (Phi) is 7.14. The van der Waals surface area contributed by atoms with Crippen LogP contribution in [-0.4, -0.2) is 18.5 Å². The van der Waals surface area contributed by atoms with Crippen LogP contribution in [0.1, 0.15) is 12.5 Å². The van der Waals surface area contributed by atoms with E-state index in [9.17, 15) is 9.59 Å². The lowest BCUT2D eigenvalue weighted by molar-refractivity contribution is -0.130. The van der Waals surface area contributed by atoms with Crippen LogP contribution in [0.2, 0.25) is 0 Å². The number of carbonyl (C=O) groups excluding carboxylic acids is 2. The number of hydrogen-bond acceptors (Lipinski definition) is 5. The summed E-state index contributed by atoms with van der Waals surface area (Å²) in [6.07, 6.45) is 4.64. The first-order chi connectivity index (χ1) is 13.0. The van der Waals surface area contributed by atoms with E-state index < -0.39 is 11.9 Å². The molecule has 0 aliphatic carbocycles. The number of rotatable bonds is 8. The Balaban J connectivity index is 1.89.